The van der Waals surface area contributed by atoms with Crippen LogP contribution in [0.2, 0.25) is 0 Å². The Morgan fingerprint density at radius 2 is 1.77 bits per heavy atom. The minimum atomic E-state index is 0.212. The van der Waals surface area contributed by atoms with Gasteiger partial charge in [-0.25, -0.2) is 0 Å². The van der Waals surface area contributed by atoms with Crippen LogP contribution in [-0.4, -0.2) is 19.0 Å². The molecule has 0 radical (unpaired) electrons. The van der Waals surface area contributed by atoms with Gasteiger partial charge >= 0.3 is 0 Å². The average molecular weight is 298 g/mol. The van der Waals surface area contributed by atoms with Crippen molar-refractivity contribution >= 4 is 17.2 Å². The molecule has 1 aliphatic carbocycles. The summed E-state index contributed by atoms with van der Waals surface area (Å²) in [5.41, 5.74) is 14.4. The summed E-state index contributed by atoms with van der Waals surface area (Å²) in [7, 11) is 0. The summed E-state index contributed by atoms with van der Waals surface area (Å²) in [5.74, 6) is 1.56. The van der Waals surface area contributed by atoms with E-state index in [2.05, 4.69) is 0 Å². The fraction of sp³-hybridized carbons (Fsp3) is 0.235. The average Bonchev–Trinajstić information content (AvgIpc) is 2.86. The summed E-state index contributed by atoms with van der Waals surface area (Å²) in [4.78, 5) is 11.6. The van der Waals surface area contributed by atoms with Gasteiger partial charge in [-0.3, -0.25) is 4.79 Å². The molecule has 3 rings (SSSR count). The number of nitrogens with two attached hydrogens (primary N) is 2. The van der Waals surface area contributed by atoms with E-state index >= 15 is 0 Å². The van der Waals surface area contributed by atoms with Crippen molar-refractivity contribution in [3.05, 3.63) is 47.5 Å². The zero-order chi connectivity index (χ0) is 15.5. The second-order valence-electron chi connectivity index (χ2n) is 5.24. The number of Topliss-reactive ketones (excluding diaryl/α,β-unsaturated/α-hetero) is 1. The van der Waals surface area contributed by atoms with Gasteiger partial charge in [-0.2, -0.15) is 0 Å². The summed E-state index contributed by atoms with van der Waals surface area (Å²) in [6, 6.07) is 10.7. The summed E-state index contributed by atoms with van der Waals surface area (Å²) in [5, 5.41) is 0. The molecule has 0 saturated carbocycles. The molecule has 0 spiro atoms. The number of hydrogen-bond acceptors (Lipinski definition) is 5. The van der Waals surface area contributed by atoms with Gasteiger partial charge in [-0.05, 0) is 48.4 Å². The third kappa shape index (κ3) is 2.98. The Morgan fingerprint density at radius 1 is 0.955 bits per heavy atom. The molecule has 2 aromatic rings. The Balaban J connectivity index is 1.52. The molecule has 0 unspecified atom stereocenters. The van der Waals surface area contributed by atoms with E-state index in [0.29, 0.717) is 36.8 Å². The maximum absolute atomic E-state index is 11.6. The highest BCUT2D eigenvalue weighted by molar-refractivity contribution is 6.00. The number of hydrogen-bond donors (Lipinski definition) is 2. The maximum atomic E-state index is 11.6. The minimum absolute atomic E-state index is 0.212. The van der Waals surface area contributed by atoms with Crippen molar-refractivity contribution in [1.29, 1.82) is 0 Å². The monoisotopic (exact) mass is 298 g/mol. The Kier molecular flexibility index (Phi) is 3.87. The van der Waals surface area contributed by atoms with Gasteiger partial charge < -0.3 is 20.9 Å². The summed E-state index contributed by atoms with van der Waals surface area (Å²) in [6.07, 6.45) is 1.39. The smallest absolute Gasteiger partial charge is 0.163 e. The summed E-state index contributed by atoms with van der Waals surface area (Å²) in [6.45, 7) is 0.778. The number of anilines is 2. The number of benzene rings is 2. The van der Waals surface area contributed by atoms with Crippen molar-refractivity contribution in [1.82, 2.24) is 0 Å². The number of ether oxygens (including phenoxy) is 2. The quantitative estimate of drug-likeness (QED) is 0.654. The van der Waals surface area contributed by atoms with E-state index in [-0.39, 0.29) is 5.78 Å². The van der Waals surface area contributed by atoms with Gasteiger partial charge in [0.15, 0.2) is 5.78 Å². The van der Waals surface area contributed by atoms with E-state index in [1.54, 1.807) is 18.2 Å². The molecular formula is C17H18N2O3. The number of aryl methyl sites for hydroxylation is 1. The van der Waals surface area contributed by atoms with Crippen molar-refractivity contribution in [2.45, 2.75) is 12.8 Å². The van der Waals surface area contributed by atoms with Gasteiger partial charge in [0, 0.05) is 17.7 Å². The van der Waals surface area contributed by atoms with Crippen molar-refractivity contribution in [3.63, 3.8) is 0 Å². The number of fused-ring (bicyclic) bond motifs is 1. The molecule has 2 aromatic carbocycles. The van der Waals surface area contributed by atoms with E-state index in [4.69, 9.17) is 20.9 Å². The molecule has 0 fully saturated rings. The number of nitrogen functional groups attached to an aromatic ring is 2. The molecule has 5 heteroatoms. The van der Waals surface area contributed by atoms with Crippen LogP contribution in [0.4, 0.5) is 11.4 Å². The van der Waals surface area contributed by atoms with Gasteiger partial charge in [-0.15, -0.1) is 0 Å². The van der Waals surface area contributed by atoms with Gasteiger partial charge in [0.1, 0.15) is 24.7 Å². The third-order valence-electron chi connectivity index (χ3n) is 3.64. The molecule has 114 valence electrons. The molecule has 0 saturated heterocycles. The van der Waals surface area contributed by atoms with Crippen LogP contribution in [0.3, 0.4) is 0 Å². The van der Waals surface area contributed by atoms with Crippen molar-refractivity contribution in [3.8, 4) is 11.5 Å². The standard InChI is InChI=1S/C17H18N2O3/c18-12-2-6-17(15(19)10-12)22-8-7-21-13-3-4-14-11(9-13)1-5-16(14)20/h2-4,6,9-10H,1,5,7-8,18-19H2. The largest absolute Gasteiger partial charge is 0.490 e. The first-order valence-corrected chi connectivity index (χ1v) is 7.20. The topological polar surface area (TPSA) is 87.6 Å². The van der Waals surface area contributed by atoms with Crippen molar-refractivity contribution in [2.24, 2.45) is 0 Å². The molecule has 0 aromatic heterocycles. The van der Waals surface area contributed by atoms with Crippen molar-refractivity contribution in [2.75, 3.05) is 24.7 Å². The Bertz CT molecular complexity index is 713. The third-order valence-corrected chi connectivity index (χ3v) is 3.64. The summed E-state index contributed by atoms with van der Waals surface area (Å²) < 4.78 is 11.2. The highest BCUT2D eigenvalue weighted by atomic mass is 16.5. The second kappa shape index (κ2) is 5.97. The van der Waals surface area contributed by atoms with Crippen LogP contribution in [0.15, 0.2) is 36.4 Å². The molecule has 0 amide bonds. The fourth-order valence-electron chi connectivity index (χ4n) is 2.53. The van der Waals surface area contributed by atoms with E-state index in [9.17, 15) is 4.79 Å². The molecule has 5 nitrogen and oxygen atoms in total. The Hall–Kier alpha value is -2.69. The Labute approximate surface area is 128 Å². The molecule has 0 atom stereocenters. The predicted octanol–water partition coefficient (Wildman–Crippen LogP) is 2.44. The highest BCUT2D eigenvalue weighted by Crippen LogP contribution is 2.26. The zero-order valence-electron chi connectivity index (χ0n) is 12.2. The lowest BCUT2D eigenvalue weighted by Gasteiger charge is -2.11. The molecule has 4 N–H and O–H groups in total. The van der Waals surface area contributed by atoms with Crippen LogP contribution >= 0.6 is 0 Å². The summed E-state index contributed by atoms with van der Waals surface area (Å²) >= 11 is 0. The molecular weight excluding hydrogens is 280 g/mol. The van der Waals surface area contributed by atoms with Crippen LogP contribution in [0.5, 0.6) is 11.5 Å². The highest BCUT2D eigenvalue weighted by Gasteiger charge is 2.19. The predicted molar refractivity (Wildman–Crippen MR) is 85.4 cm³/mol. The maximum Gasteiger partial charge on any atom is 0.163 e. The second-order valence-corrected chi connectivity index (χ2v) is 5.24. The SMILES string of the molecule is Nc1ccc(OCCOc2ccc3c(c2)CCC3=O)c(N)c1. The molecule has 1 aliphatic rings. The van der Waals surface area contributed by atoms with Crippen LogP contribution < -0.4 is 20.9 Å². The van der Waals surface area contributed by atoms with E-state index in [1.165, 1.54) is 0 Å². The number of carbonyl (C=O) groups is 1. The minimum Gasteiger partial charge on any atom is -0.490 e. The van der Waals surface area contributed by atoms with Gasteiger partial charge in [0.05, 0.1) is 5.69 Å². The first-order chi connectivity index (χ1) is 10.6. The normalized spacial score (nSPS) is 13.0. The fourth-order valence-corrected chi connectivity index (χ4v) is 2.53. The van der Waals surface area contributed by atoms with E-state index < -0.39 is 0 Å². The van der Waals surface area contributed by atoms with Gasteiger partial charge in [-0.1, -0.05) is 0 Å². The van der Waals surface area contributed by atoms with Gasteiger partial charge in [0.25, 0.3) is 0 Å². The lowest BCUT2D eigenvalue weighted by Crippen LogP contribution is -2.10. The number of rotatable bonds is 5. The first-order valence-electron chi connectivity index (χ1n) is 7.20. The van der Waals surface area contributed by atoms with Crippen LogP contribution in [0.1, 0.15) is 22.3 Å². The van der Waals surface area contributed by atoms with E-state index in [1.807, 2.05) is 18.2 Å². The molecule has 0 heterocycles. The zero-order valence-corrected chi connectivity index (χ0v) is 12.2. The van der Waals surface area contributed by atoms with Crippen molar-refractivity contribution < 1.29 is 14.3 Å². The number of carbonyl (C=O) groups excluding carboxylic acids is 1. The molecule has 0 aliphatic heterocycles. The molecule has 0 bridgehead atoms. The van der Waals surface area contributed by atoms with E-state index in [0.717, 1.165) is 23.3 Å². The lowest BCUT2D eigenvalue weighted by molar-refractivity contribution is 0.0994. The number of ketones is 1. The lowest BCUT2D eigenvalue weighted by atomic mass is 10.1. The van der Waals surface area contributed by atoms with Gasteiger partial charge in [0.2, 0.25) is 0 Å². The Morgan fingerprint density at radius 3 is 2.59 bits per heavy atom. The van der Waals surface area contributed by atoms with Crippen LogP contribution in [-0.2, 0) is 6.42 Å². The van der Waals surface area contributed by atoms with Crippen LogP contribution in [0, 0.1) is 0 Å². The first kappa shape index (κ1) is 14.3. The molecule has 22 heavy (non-hydrogen) atoms. The van der Waals surface area contributed by atoms with Crippen LogP contribution in [0.25, 0.3) is 0 Å².